The van der Waals surface area contributed by atoms with E-state index in [0.29, 0.717) is 28.1 Å². The second-order valence-electron chi connectivity index (χ2n) is 5.78. The van der Waals surface area contributed by atoms with Crippen LogP contribution in [0.1, 0.15) is 13.3 Å². The Labute approximate surface area is 167 Å². The number of hydrogen-bond acceptors (Lipinski definition) is 5. The molecule has 1 aliphatic rings. The second-order valence-corrected chi connectivity index (χ2v) is 8.71. The lowest BCUT2D eigenvalue weighted by Gasteiger charge is -2.29. The van der Waals surface area contributed by atoms with Crippen LogP contribution in [0.4, 0.5) is 11.4 Å². The Bertz CT molecular complexity index is 993. The minimum absolute atomic E-state index is 0.0158. The number of anilines is 2. The molecule has 0 fully saturated rings. The summed E-state index contributed by atoms with van der Waals surface area (Å²) in [6, 6.07) is 13.7. The third-order valence-corrected chi connectivity index (χ3v) is 6.53. The number of nitrogens with one attached hydrogen (secondary N) is 1. The monoisotopic (exact) mass is 423 g/mol. The maximum atomic E-state index is 12.5. The Morgan fingerprint density at radius 3 is 2.63 bits per heavy atom. The summed E-state index contributed by atoms with van der Waals surface area (Å²) in [4.78, 5) is 14.3. The van der Waals surface area contributed by atoms with Crippen molar-refractivity contribution in [1.29, 1.82) is 0 Å². The summed E-state index contributed by atoms with van der Waals surface area (Å²) in [5.74, 6) is -0.273. The topological polar surface area (TPSA) is 78.8 Å². The fourth-order valence-electron chi connectivity index (χ4n) is 2.63. The molecular formula is C18H18ClN3O3S2. The molecule has 1 aliphatic heterocycles. The maximum Gasteiger partial charge on any atom is 0.286 e. The van der Waals surface area contributed by atoms with Gasteiger partial charge >= 0.3 is 0 Å². The Balaban J connectivity index is 1.78. The van der Waals surface area contributed by atoms with E-state index in [0.717, 1.165) is 18.2 Å². The van der Waals surface area contributed by atoms with E-state index in [1.165, 1.54) is 0 Å². The largest absolute Gasteiger partial charge is 0.324 e. The Morgan fingerprint density at radius 2 is 1.89 bits per heavy atom. The van der Waals surface area contributed by atoms with Crippen LogP contribution < -0.4 is 10.2 Å². The van der Waals surface area contributed by atoms with E-state index in [1.54, 1.807) is 48.5 Å². The number of halogens is 1. The van der Waals surface area contributed by atoms with Crippen molar-refractivity contribution in [1.82, 2.24) is 0 Å². The first kappa shape index (κ1) is 19.7. The molecule has 2 aromatic carbocycles. The molecule has 1 amide bonds. The van der Waals surface area contributed by atoms with Crippen molar-refractivity contribution in [3.05, 3.63) is 53.6 Å². The van der Waals surface area contributed by atoms with E-state index in [-0.39, 0.29) is 16.6 Å². The van der Waals surface area contributed by atoms with E-state index in [4.69, 9.17) is 11.6 Å². The van der Waals surface area contributed by atoms with Crippen LogP contribution >= 0.6 is 23.4 Å². The normalized spacial score (nSPS) is 15.0. The lowest BCUT2D eigenvalue weighted by Crippen LogP contribution is -2.35. The SMILES string of the molecule is CCCN1C(SCC(=O)Nc2ccccc2Cl)=NS(=O)(=O)c2ccccc21. The zero-order valence-corrected chi connectivity index (χ0v) is 16.9. The van der Waals surface area contributed by atoms with Gasteiger partial charge < -0.3 is 10.2 Å². The molecule has 1 N–H and O–H groups in total. The Kier molecular flexibility index (Phi) is 6.08. The van der Waals surface area contributed by atoms with Crippen LogP contribution in [-0.2, 0) is 14.8 Å². The van der Waals surface area contributed by atoms with Gasteiger partial charge in [-0.25, -0.2) is 0 Å². The molecule has 0 saturated heterocycles. The minimum Gasteiger partial charge on any atom is -0.324 e. The van der Waals surface area contributed by atoms with E-state index in [1.807, 2.05) is 11.8 Å². The predicted molar refractivity (Wildman–Crippen MR) is 111 cm³/mol. The van der Waals surface area contributed by atoms with Crippen LogP contribution in [0.25, 0.3) is 0 Å². The lowest BCUT2D eigenvalue weighted by molar-refractivity contribution is -0.113. The first-order chi connectivity index (χ1) is 12.9. The van der Waals surface area contributed by atoms with Crippen molar-refractivity contribution in [3.63, 3.8) is 0 Å². The first-order valence-electron chi connectivity index (χ1n) is 8.31. The summed E-state index contributed by atoms with van der Waals surface area (Å²) in [7, 11) is -3.78. The van der Waals surface area contributed by atoms with Crippen molar-refractivity contribution < 1.29 is 13.2 Å². The molecule has 142 valence electrons. The molecule has 0 saturated carbocycles. The van der Waals surface area contributed by atoms with E-state index < -0.39 is 10.0 Å². The smallest absolute Gasteiger partial charge is 0.286 e. The number of hydrogen-bond donors (Lipinski definition) is 1. The molecule has 2 aromatic rings. The molecule has 0 aromatic heterocycles. The third kappa shape index (κ3) is 4.45. The van der Waals surface area contributed by atoms with E-state index >= 15 is 0 Å². The van der Waals surface area contributed by atoms with Gasteiger partial charge in [0.25, 0.3) is 10.0 Å². The summed E-state index contributed by atoms with van der Waals surface area (Å²) >= 11 is 7.13. The van der Waals surface area contributed by atoms with E-state index in [9.17, 15) is 13.2 Å². The number of thioether (sulfide) groups is 1. The number of benzene rings is 2. The van der Waals surface area contributed by atoms with Gasteiger partial charge in [-0.05, 0) is 30.7 Å². The molecule has 1 heterocycles. The second kappa shape index (κ2) is 8.33. The number of nitrogens with zero attached hydrogens (tertiary/aromatic N) is 2. The van der Waals surface area contributed by atoms with Crippen molar-refractivity contribution in [2.45, 2.75) is 18.2 Å². The molecule has 0 unspecified atom stereocenters. The summed E-state index contributed by atoms with van der Waals surface area (Å²) in [5, 5.41) is 3.46. The highest BCUT2D eigenvalue weighted by Crippen LogP contribution is 2.34. The maximum absolute atomic E-state index is 12.5. The number of sulfonamides is 1. The van der Waals surface area contributed by atoms with Crippen molar-refractivity contribution in [2.24, 2.45) is 4.40 Å². The van der Waals surface area contributed by atoms with Gasteiger partial charge in [-0.3, -0.25) is 4.79 Å². The average molecular weight is 424 g/mol. The molecule has 3 rings (SSSR count). The number of amides is 1. The molecule has 0 spiro atoms. The number of fused-ring (bicyclic) bond motifs is 1. The van der Waals surface area contributed by atoms with Crippen LogP contribution in [0.5, 0.6) is 0 Å². The van der Waals surface area contributed by atoms with Crippen LogP contribution in [0.2, 0.25) is 5.02 Å². The van der Waals surface area contributed by atoms with Gasteiger partial charge in [0.15, 0.2) is 5.17 Å². The van der Waals surface area contributed by atoms with Crippen LogP contribution in [0.3, 0.4) is 0 Å². The molecule has 0 bridgehead atoms. The van der Waals surface area contributed by atoms with Crippen LogP contribution in [0.15, 0.2) is 57.8 Å². The molecule has 0 aliphatic carbocycles. The number of rotatable bonds is 5. The summed E-state index contributed by atoms with van der Waals surface area (Å²) in [5.41, 5.74) is 1.10. The van der Waals surface area contributed by atoms with Crippen LogP contribution in [-0.4, -0.2) is 31.8 Å². The zero-order chi connectivity index (χ0) is 19.4. The Hall–Kier alpha value is -2.03. The fourth-order valence-corrected chi connectivity index (χ4v) is 5.09. The Morgan fingerprint density at radius 1 is 1.19 bits per heavy atom. The van der Waals surface area contributed by atoms with Gasteiger partial charge in [-0.1, -0.05) is 54.6 Å². The van der Waals surface area contributed by atoms with E-state index in [2.05, 4.69) is 9.71 Å². The molecule has 6 nitrogen and oxygen atoms in total. The molecule has 0 atom stereocenters. The van der Waals surface area contributed by atoms with Gasteiger partial charge in [-0.2, -0.15) is 8.42 Å². The predicted octanol–water partition coefficient (Wildman–Crippen LogP) is 3.99. The highest BCUT2D eigenvalue weighted by atomic mass is 35.5. The minimum atomic E-state index is -3.78. The van der Waals surface area contributed by atoms with Gasteiger partial charge in [0, 0.05) is 6.54 Å². The van der Waals surface area contributed by atoms with Gasteiger partial charge in [-0.15, -0.1) is 4.40 Å². The lowest BCUT2D eigenvalue weighted by atomic mass is 10.3. The summed E-state index contributed by atoms with van der Waals surface area (Å²) in [6.45, 7) is 2.60. The van der Waals surface area contributed by atoms with Crippen LogP contribution in [0, 0.1) is 0 Å². The number of para-hydroxylation sites is 2. The first-order valence-corrected chi connectivity index (χ1v) is 11.1. The quantitative estimate of drug-likeness (QED) is 0.786. The summed E-state index contributed by atoms with van der Waals surface area (Å²) in [6.07, 6.45) is 0.805. The van der Waals surface area contributed by atoms with Gasteiger partial charge in [0.05, 0.1) is 22.2 Å². The van der Waals surface area contributed by atoms with Crippen molar-refractivity contribution in [3.8, 4) is 0 Å². The molecule has 9 heteroatoms. The van der Waals surface area contributed by atoms with Crippen molar-refractivity contribution in [2.75, 3.05) is 22.5 Å². The highest BCUT2D eigenvalue weighted by Gasteiger charge is 2.30. The molecular weight excluding hydrogens is 406 g/mol. The molecule has 0 radical (unpaired) electrons. The van der Waals surface area contributed by atoms with Gasteiger partial charge in [0.2, 0.25) is 5.91 Å². The zero-order valence-electron chi connectivity index (χ0n) is 14.6. The fraction of sp³-hybridized carbons (Fsp3) is 0.222. The standard InChI is InChI=1S/C18H18ClN3O3S2/c1-2-11-22-15-9-5-6-10-16(15)27(24,25)21-18(22)26-12-17(23)20-14-8-4-3-7-13(14)19/h3-10H,2,11-12H2,1H3,(H,20,23). The van der Waals surface area contributed by atoms with Gasteiger partial charge in [0.1, 0.15) is 4.90 Å². The molecule has 27 heavy (non-hydrogen) atoms. The number of carbonyl (C=O) groups is 1. The summed E-state index contributed by atoms with van der Waals surface area (Å²) < 4.78 is 28.9. The van der Waals surface area contributed by atoms with Crippen molar-refractivity contribution >= 4 is 55.8 Å². The number of carbonyl (C=O) groups excluding carboxylic acids is 1. The third-order valence-electron chi connectivity index (χ3n) is 3.79. The highest BCUT2D eigenvalue weighted by molar-refractivity contribution is 8.15. The number of amidine groups is 1. The average Bonchev–Trinajstić information content (AvgIpc) is 2.64.